The zero-order valence-corrected chi connectivity index (χ0v) is 17.6. The van der Waals surface area contributed by atoms with Crippen LogP contribution < -0.4 is 19.5 Å². The van der Waals surface area contributed by atoms with Crippen molar-refractivity contribution in [2.45, 2.75) is 27.2 Å². The molecule has 0 atom stereocenters. The van der Waals surface area contributed by atoms with Crippen LogP contribution in [0.1, 0.15) is 36.2 Å². The number of carbonyl (C=O) groups is 1. The number of ether oxygens (including phenoxy) is 3. The number of rotatable bonds is 9. The van der Waals surface area contributed by atoms with Gasteiger partial charge in [-0.05, 0) is 74.4 Å². The summed E-state index contributed by atoms with van der Waals surface area (Å²) in [7, 11) is 0. The zero-order chi connectivity index (χ0) is 21.3. The Morgan fingerprint density at radius 1 is 0.867 bits per heavy atom. The van der Waals surface area contributed by atoms with Gasteiger partial charge in [0.2, 0.25) is 0 Å². The molecule has 5 heteroatoms. The van der Waals surface area contributed by atoms with Gasteiger partial charge in [-0.1, -0.05) is 25.1 Å². The highest BCUT2D eigenvalue weighted by Crippen LogP contribution is 2.29. The van der Waals surface area contributed by atoms with Gasteiger partial charge >= 0.3 is 0 Å². The van der Waals surface area contributed by atoms with Crippen LogP contribution in [0, 0.1) is 6.92 Å². The number of hydrogen-bond acceptors (Lipinski definition) is 4. The monoisotopic (exact) mass is 405 g/mol. The Labute approximate surface area is 177 Å². The van der Waals surface area contributed by atoms with E-state index in [0.29, 0.717) is 41.7 Å². The molecule has 0 spiro atoms. The lowest BCUT2D eigenvalue weighted by atomic mass is 10.1. The van der Waals surface area contributed by atoms with Crippen LogP contribution in [0.4, 0.5) is 5.69 Å². The van der Waals surface area contributed by atoms with Crippen molar-refractivity contribution >= 4 is 11.6 Å². The maximum atomic E-state index is 12.7. The van der Waals surface area contributed by atoms with Gasteiger partial charge in [-0.15, -0.1) is 0 Å². The SMILES string of the molecule is CCCOc1ccc(C(=O)Nc2ccc(Oc3ccccc3C)cc2)cc1OCC. The van der Waals surface area contributed by atoms with Crippen molar-refractivity contribution in [1.82, 2.24) is 0 Å². The highest BCUT2D eigenvalue weighted by Gasteiger charge is 2.12. The molecule has 0 aromatic heterocycles. The number of para-hydroxylation sites is 1. The fourth-order valence-electron chi connectivity index (χ4n) is 2.86. The normalized spacial score (nSPS) is 10.4. The van der Waals surface area contributed by atoms with Gasteiger partial charge in [0.15, 0.2) is 11.5 Å². The Hall–Kier alpha value is -3.47. The van der Waals surface area contributed by atoms with Crippen LogP contribution in [0.3, 0.4) is 0 Å². The van der Waals surface area contributed by atoms with Crippen LogP contribution in [0.5, 0.6) is 23.0 Å². The molecule has 1 amide bonds. The lowest BCUT2D eigenvalue weighted by Gasteiger charge is -2.13. The number of benzene rings is 3. The highest BCUT2D eigenvalue weighted by molar-refractivity contribution is 6.04. The van der Waals surface area contributed by atoms with Crippen molar-refractivity contribution in [3.63, 3.8) is 0 Å². The van der Waals surface area contributed by atoms with E-state index in [9.17, 15) is 4.79 Å². The number of nitrogens with one attached hydrogen (secondary N) is 1. The quantitative estimate of drug-likeness (QED) is 0.459. The summed E-state index contributed by atoms with van der Waals surface area (Å²) in [5.74, 6) is 2.51. The summed E-state index contributed by atoms with van der Waals surface area (Å²) < 4.78 is 17.2. The second kappa shape index (κ2) is 10.3. The van der Waals surface area contributed by atoms with E-state index < -0.39 is 0 Å². The molecule has 0 fully saturated rings. The van der Waals surface area contributed by atoms with Gasteiger partial charge in [0.05, 0.1) is 13.2 Å². The predicted molar refractivity (Wildman–Crippen MR) is 119 cm³/mol. The molecule has 3 aromatic rings. The maximum absolute atomic E-state index is 12.7. The van der Waals surface area contributed by atoms with E-state index >= 15 is 0 Å². The van der Waals surface area contributed by atoms with Gasteiger partial charge in [-0.3, -0.25) is 4.79 Å². The molecule has 0 saturated carbocycles. The molecule has 0 aliphatic carbocycles. The molecule has 30 heavy (non-hydrogen) atoms. The third kappa shape index (κ3) is 5.54. The molecule has 156 valence electrons. The lowest BCUT2D eigenvalue weighted by Crippen LogP contribution is -2.12. The summed E-state index contributed by atoms with van der Waals surface area (Å²) in [6.45, 7) is 7.04. The second-order valence-corrected chi connectivity index (χ2v) is 6.79. The minimum absolute atomic E-state index is 0.217. The number of hydrogen-bond donors (Lipinski definition) is 1. The fourth-order valence-corrected chi connectivity index (χ4v) is 2.86. The molecule has 0 bridgehead atoms. The number of amides is 1. The maximum Gasteiger partial charge on any atom is 0.255 e. The number of aryl methyl sites for hydroxylation is 1. The van der Waals surface area contributed by atoms with E-state index in [2.05, 4.69) is 5.32 Å². The molecular weight excluding hydrogens is 378 g/mol. The fraction of sp³-hybridized carbons (Fsp3) is 0.240. The molecule has 0 heterocycles. The average Bonchev–Trinajstić information content (AvgIpc) is 2.76. The van der Waals surface area contributed by atoms with E-state index in [0.717, 1.165) is 17.7 Å². The first-order valence-electron chi connectivity index (χ1n) is 10.1. The minimum atomic E-state index is -0.217. The van der Waals surface area contributed by atoms with Gasteiger partial charge in [0.25, 0.3) is 5.91 Å². The Morgan fingerprint density at radius 3 is 2.33 bits per heavy atom. The van der Waals surface area contributed by atoms with Crippen LogP contribution in [0.2, 0.25) is 0 Å². The number of anilines is 1. The van der Waals surface area contributed by atoms with Gasteiger partial charge in [-0.25, -0.2) is 0 Å². The van der Waals surface area contributed by atoms with E-state index in [4.69, 9.17) is 14.2 Å². The number of carbonyl (C=O) groups excluding carboxylic acids is 1. The molecule has 1 N–H and O–H groups in total. The summed E-state index contributed by atoms with van der Waals surface area (Å²) in [6.07, 6.45) is 0.900. The van der Waals surface area contributed by atoms with Crippen LogP contribution in [-0.4, -0.2) is 19.1 Å². The van der Waals surface area contributed by atoms with Crippen molar-refractivity contribution in [3.8, 4) is 23.0 Å². The predicted octanol–water partition coefficient (Wildman–Crippen LogP) is 6.23. The van der Waals surface area contributed by atoms with Crippen LogP contribution >= 0.6 is 0 Å². The first-order valence-corrected chi connectivity index (χ1v) is 10.1. The third-order valence-electron chi connectivity index (χ3n) is 4.40. The van der Waals surface area contributed by atoms with Gasteiger partial charge in [0, 0.05) is 11.3 Å². The van der Waals surface area contributed by atoms with E-state index in [1.54, 1.807) is 18.2 Å². The molecule has 3 aromatic carbocycles. The molecule has 0 aliphatic heterocycles. The summed E-state index contributed by atoms with van der Waals surface area (Å²) in [6, 6.07) is 20.3. The van der Waals surface area contributed by atoms with Crippen molar-refractivity contribution in [3.05, 3.63) is 77.9 Å². The Morgan fingerprint density at radius 2 is 1.63 bits per heavy atom. The third-order valence-corrected chi connectivity index (χ3v) is 4.40. The Bertz CT molecular complexity index is 983. The molecule has 0 saturated heterocycles. The molecule has 0 radical (unpaired) electrons. The Kier molecular flexibility index (Phi) is 7.33. The van der Waals surface area contributed by atoms with Crippen molar-refractivity contribution in [1.29, 1.82) is 0 Å². The first kappa shape index (κ1) is 21.2. The van der Waals surface area contributed by atoms with Crippen molar-refractivity contribution in [2.24, 2.45) is 0 Å². The van der Waals surface area contributed by atoms with Crippen LogP contribution in [0.25, 0.3) is 0 Å². The van der Waals surface area contributed by atoms with E-state index in [-0.39, 0.29) is 5.91 Å². The summed E-state index contributed by atoms with van der Waals surface area (Å²) >= 11 is 0. The summed E-state index contributed by atoms with van der Waals surface area (Å²) in [5, 5.41) is 2.90. The molecule has 0 unspecified atom stereocenters. The zero-order valence-electron chi connectivity index (χ0n) is 17.6. The molecular formula is C25H27NO4. The molecule has 3 rings (SSSR count). The van der Waals surface area contributed by atoms with Gasteiger partial charge in [-0.2, -0.15) is 0 Å². The van der Waals surface area contributed by atoms with Crippen molar-refractivity contribution in [2.75, 3.05) is 18.5 Å². The highest BCUT2D eigenvalue weighted by atomic mass is 16.5. The van der Waals surface area contributed by atoms with E-state index in [1.807, 2.05) is 69.3 Å². The largest absolute Gasteiger partial charge is 0.490 e. The first-order chi connectivity index (χ1) is 14.6. The lowest BCUT2D eigenvalue weighted by molar-refractivity contribution is 0.102. The minimum Gasteiger partial charge on any atom is -0.490 e. The smallest absolute Gasteiger partial charge is 0.255 e. The summed E-state index contributed by atoms with van der Waals surface area (Å²) in [4.78, 5) is 12.7. The molecule has 5 nitrogen and oxygen atoms in total. The van der Waals surface area contributed by atoms with Crippen LogP contribution in [0.15, 0.2) is 66.7 Å². The average molecular weight is 405 g/mol. The molecule has 0 aliphatic rings. The van der Waals surface area contributed by atoms with Crippen LogP contribution in [-0.2, 0) is 0 Å². The van der Waals surface area contributed by atoms with Gasteiger partial charge < -0.3 is 19.5 Å². The Balaban J connectivity index is 1.68. The van der Waals surface area contributed by atoms with Gasteiger partial charge in [0.1, 0.15) is 11.5 Å². The van der Waals surface area contributed by atoms with E-state index in [1.165, 1.54) is 0 Å². The topological polar surface area (TPSA) is 56.8 Å². The second-order valence-electron chi connectivity index (χ2n) is 6.79. The van der Waals surface area contributed by atoms with Crippen molar-refractivity contribution < 1.29 is 19.0 Å². The standard InChI is InChI=1S/C25H27NO4/c1-4-16-29-23-15-10-19(17-24(23)28-5-2)25(27)26-20-11-13-21(14-12-20)30-22-9-7-6-8-18(22)3/h6-15,17H,4-5,16H2,1-3H3,(H,26,27). The summed E-state index contributed by atoms with van der Waals surface area (Å²) in [5.41, 5.74) is 2.25.